The van der Waals surface area contributed by atoms with Crippen molar-refractivity contribution in [2.24, 2.45) is 0 Å². The number of nitriles is 1. The predicted octanol–water partition coefficient (Wildman–Crippen LogP) is 2.66. The molecule has 1 aromatic carbocycles. The van der Waals surface area contributed by atoms with Gasteiger partial charge in [-0.15, -0.1) is 0 Å². The van der Waals surface area contributed by atoms with Crippen LogP contribution >= 0.6 is 11.3 Å². The predicted molar refractivity (Wildman–Crippen MR) is 77.4 cm³/mol. The number of carbonyl (C=O) groups is 1. The molecule has 0 radical (unpaired) electrons. The summed E-state index contributed by atoms with van der Waals surface area (Å²) in [4.78, 5) is 13.6. The van der Waals surface area contributed by atoms with Crippen molar-refractivity contribution in [1.29, 1.82) is 5.26 Å². The lowest BCUT2D eigenvalue weighted by Crippen LogP contribution is -2.30. The monoisotopic (exact) mass is 286 g/mol. The number of thiophene rings is 1. The van der Waals surface area contributed by atoms with Crippen LogP contribution in [0.15, 0.2) is 41.1 Å². The molecule has 102 valence electrons. The van der Waals surface area contributed by atoms with E-state index in [1.807, 2.05) is 22.9 Å². The van der Waals surface area contributed by atoms with Gasteiger partial charge >= 0.3 is 0 Å². The van der Waals surface area contributed by atoms with Crippen LogP contribution in [0.4, 0.5) is 0 Å². The molecule has 4 nitrogen and oxygen atoms in total. The molecule has 2 rings (SSSR count). The summed E-state index contributed by atoms with van der Waals surface area (Å²) in [5.74, 6) is 0.430. The number of carbonyl (C=O) groups excluding carboxylic acids is 1. The molecule has 0 aliphatic heterocycles. The van der Waals surface area contributed by atoms with Crippen molar-refractivity contribution in [3.8, 4) is 11.8 Å². The van der Waals surface area contributed by atoms with E-state index < -0.39 is 0 Å². The third-order valence-corrected chi connectivity index (χ3v) is 3.48. The van der Waals surface area contributed by atoms with E-state index in [1.165, 1.54) is 0 Å². The third kappa shape index (κ3) is 3.84. The van der Waals surface area contributed by atoms with E-state index in [4.69, 9.17) is 10.00 Å². The van der Waals surface area contributed by atoms with Gasteiger partial charge in [0, 0.05) is 13.6 Å². The molecular formula is C15H14N2O2S. The van der Waals surface area contributed by atoms with Gasteiger partial charge in [-0.1, -0.05) is 6.07 Å². The van der Waals surface area contributed by atoms with E-state index in [9.17, 15) is 4.79 Å². The summed E-state index contributed by atoms with van der Waals surface area (Å²) in [6, 6.07) is 10.8. The van der Waals surface area contributed by atoms with Crippen molar-refractivity contribution in [3.63, 3.8) is 0 Å². The molecule has 0 N–H and O–H groups in total. The van der Waals surface area contributed by atoms with Crippen molar-refractivity contribution in [2.45, 2.75) is 6.54 Å². The lowest BCUT2D eigenvalue weighted by Gasteiger charge is -2.16. The largest absolute Gasteiger partial charge is 0.484 e. The van der Waals surface area contributed by atoms with Gasteiger partial charge in [0.1, 0.15) is 5.75 Å². The van der Waals surface area contributed by atoms with Crippen molar-refractivity contribution in [1.82, 2.24) is 4.90 Å². The van der Waals surface area contributed by atoms with Gasteiger partial charge in [0.15, 0.2) is 6.61 Å². The fraction of sp³-hybridized carbons (Fsp3) is 0.200. The first-order valence-corrected chi connectivity index (χ1v) is 7.01. The number of rotatable bonds is 5. The Morgan fingerprint density at radius 2 is 2.30 bits per heavy atom. The molecule has 0 fully saturated rings. The lowest BCUT2D eigenvalue weighted by molar-refractivity contribution is -0.132. The number of hydrogen-bond donors (Lipinski definition) is 0. The Morgan fingerprint density at radius 1 is 1.45 bits per heavy atom. The van der Waals surface area contributed by atoms with Gasteiger partial charge in [0.05, 0.1) is 11.6 Å². The minimum atomic E-state index is -0.0986. The SMILES string of the molecule is CN(Cc1ccsc1)C(=O)COc1cccc(C#N)c1. The number of likely N-dealkylation sites (N-methyl/N-ethyl adjacent to an activating group) is 1. The summed E-state index contributed by atoms with van der Waals surface area (Å²) < 4.78 is 5.41. The smallest absolute Gasteiger partial charge is 0.260 e. The van der Waals surface area contributed by atoms with Crippen molar-refractivity contribution in [3.05, 3.63) is 52.2 Å². The average molecular weight is 286 g/mol. The molecular weight excluding hydrogens is 272 g/mol. The van der Waals surface area contributed by atoms with E-state index in [0.29, 0.717) is 17.9 Å². The van der Waals surface area contributed by atoms with E-state index in [-0.39, 0.29) is 12.5 Å². The Morgan fingerprint density at radius 3 is 3.00 bits per heavy atom. The van der Waals surface area contributed by atoms with E-state index in [0.717, 1.165) is 5.56 Å². The summed E-state index contributed by atoms with van der Waals surface area (Å²) >= 11 is 1.61. The maximum Gasteiger partial charge on any atom is 0.260 e. The second kappa shape index (κ2) is 6.73. The van der Waals surface area contributed by atoms with Gasteiger partial charge in [0.2, 0.25) is 0 Å². The third-order valence-electron chi connectivity index (χ3n) is 2.75. The Balaban J connectivity index is 1.86. The highest BCUT2D eigenvalue weighted by atomic mass is 32.1. The maximum absolute atomic E-state index is 11.9. The first-order valence-electron chi connectivity index (χ1n) is 6.07. The molecule has 2 aromatic rings. The van der Waals surface area contributed by atoms with Crippen LogP contribution in [0.1, 0.15) is 11.1 Å². The molecule has 0 aliphatic rings. The Kier molecular flexibility index (Phi) is 4.75. The minimum absolute atomic E-state index is 0.0322. The Bertz CT molecular complexity index is 617. The number of benzene rings is 1. The molecule has 0 unspecified atom stereocenters. The van der Waals surface area contributed by atoms with Crippen molar-refractivity contribution < 1.29 is 9.53 Å². The van der Waals surface area contributed by atoms with Crippen molar-refractivity contribution >= 4 is 17.2 Å². The molecule has 1 aromatic heterocycles. The second-order valence-electron chi connectivity index (χ2n) is 4.31. The molecule has 1 heterocycles. The Labute approximate surface area is 121 Å². The first kappa shape index (κ1) is 14.1. The zero-order valence-corrected chi connectivity index (χ0v) is 11.9. The van der Waals surface area contributed by atoms with E-state index >= 15 is 0 Å². The van der Waals surface area contributed by atoms with Gasteiger partial charge in [-0.3, -0.25) is 4.79 Å². The molecule has 20 heavy (non-hydrogen) atoms. The molecule has 1 amide bonds. The highest BCUT2D eigenvalue weighted by Crippen LogP contribution is 2.13. The zero-order chi connectivity index (χ0) is 14.4. The topological polar surface area (TPSA) is 53.3 Å². The summed E-state index contributed by atoms with van der Waals surface area (Å²) in [5.41, 5.74) is 1.62. The van der Waals surface area contributed by atoms with Gasteiger partial charge in [-0.05, 0) is 40.6 Å². The number of hydrogen-bond acceptors (Lipinski definition) is 4. The number of ether oxygens (including phenoxy) is 1. The molecule has 0 atom stereocenters. The summed E-state index contributed by atoms with van der Waals surface area (Å²) in [5, 5.41) is 12.8. The quantitative estimate of drug-likeness (QED) is 0.849. The van der Waals surface area contributed by atoms with Crippen LogP contribution in [-0.2, 0) is 11.3 Å². The van der Waals surface area contributed by atoms with Crippen LogP contribution in [0.25, 0.3) is 0 Å². The molecule has 0 saturated heterocycles. The van der Waals surface area contributed by atoms with Gasteiger partial charge in [0.25, 0.3) is 5.91 Å². The van der Waals surface area contributed by atoms with Crippen LogP contribution in [-0.4, -0.2) is 24.5 Å². The van der Waals surface area contributed by atoms with Gasteiger partial charge in [-0.2, -0.15) is 16.6 Å². The summed E-state index contributed by atoms with van der Waals surface area (Å²) in [6.07, 6.45) is 0. The second-order valence-corrected chi connectivity index (χ2v) is 5.09. The summed E-state index contributed by atoms with van der Waals surface area (Å²) in [7, 11) is 1.75. The van der Waals surface area contributed by atoms with Crippen LogP contribution < -0.4 is 4.74 Å². The van der Waals surface area contributed by atoms with Crippen LogP contribution in [0.2, 0.25) is 0 Å². The molecule has 0 spiro atoms. The molecule has 0 aliphatic carbocycles. The standard InChI is InChI=1S/C15H14N2O2S/c1-17(9-13-5-6-20-11-13)15(18)10-19-14-4-2-3-12(7-14)8-16/h2-7,11H,9-10H2,1H3. The normalized spacial score (nSPS) is 9.80. The van der Waals surface area contributed by atoms with E-state index in [2.05, 4.69) is 0 Å². The number of amides is 1. The van der Waals surface area contributed by atoms with Crippen LogP contribution in [0.5, 0.6) is 5.75 Å². The highest BCUT2D eigenvalue weighted by molar-refractivity contribution is 7.07. The molecule has 0 bridgehead atoms. The van der Waals surface area contributed by atoms with Crippen LogP contribution in [0, 0.1) is 11.3 Å². The van der Waals surface area contributed by atoms with Crippen LogP contribution in [0.3, 0.4) is 0 Å². The molecule has 0 saturated carbocycles. The fourth-order valence-electron chi connectivity index (χ4n) is 1.66. The first-order chi connectivity index (χ1) is 9.69. The highest BCUT2D eigenvalue weighted by Gasteiger charge is 2.10. The zero-order valence-electron chi connectivity index (χ0n) is 11.1. The lowest BCUT2D eigenvalue weighted by atomic mass is 10.2. The number of nitrogens with zero attached hydrogens (tertiary/aromatic N) is 2. The van der Waals surface area contributed by atoms with E-state index in [1.54, 1.807) is 47.5 Å². The molecule has 5 heteroatoms. The maximum atomic E-state index is 11.9. The van der Waals surface area contributed by atoms with Gasteiger partial charge < -0.3 is 9.64 Å². The van der Waals surface area contributed by atoms with Gasteiger partial charge in [-0.25, -0.2) is 0 Å². The Hall–Kier alpha value is -2.32. The average Bonchev–Trinajstić information content (AvgIpc) is 2.97. The minimum Gasteiger partial charge on any atom is -0.484 e. The van der Waals surface area contributed by atoms with Crippen molar-refractivity contribution in [2.75, 3.05) is 13.7 Å². The fourth-order valence-corrected chi connectivity index (χ4v) is 2.32. The summed E-state index contributed by atoms with van der Waals surface area (Å²) in [6.45, 7) is 0.541.